The van der Waals surface area contributed by atoms with E-state index in [0.717, 1.165) is 25.7 Å². The number of nitrogens with one attached hydrogen (secondary N) is 1. The minimum atomic E-state index is -0.495. The van der Waals surface area contributed by atoms with Gasteiger partial charge in [0.15, 0.2) is 0 Å². The Morgan fingerprint density at radius 1 is 1.22 bits per heavy atom. The summed E-state index contributed by atoms with van der Waals surface area (Å²) in [7, 11) is 1.86. The second-order valence-corrected chi connectivity index (χ2v) is 6.42. The zero-order valence-electron chi connectivity index (χ0n) is 12.7. The fraction of sp³-hybridized carbons (Fsp3) is 0.438. The molecule has 0 saturated heterocycles. The summed E-state index contributed by atoms with van der Waals surface area (Å²) in [6.07, 6.45) is 5.09. The van der Waals surface area contributed by atoms with Gasteiger partial charge in [0.05, 0.1) is 21.1 Å². The molecule has 0 amide bonds. The normalized spacial score (nSPS) is 17.3. The van der Waals surface area contributed by atoms with Gasteiger partial charge in [-0.15, -0.1) is 12.4 Å². The molecular weight excluding hydrogens is 380 g/mol. The summed E-state index contributed by atoms with van der Waals surface area (Å²) in [5.74, 6) is -0.0434. The molecule has 1 aliphatic carbocycles. The molecule has 1 fully saturated rings. The lowest BCUT2D eigenvalue weighted by Gasteiger charge is -2.37. The SMILES string of the molecule is CNC1(C(=CCl)OC(=O)c2ccc(Cl)c(Cl)c2)CCCCC1.Cl. The summed E-state index contributed by atoms with van der Waals surface area (Å²) in [5.41, 5.74) is 1.30. The van der Waals surface area contributed by atoms with Gasteiger partial charge >= 0.3 is 5.97 Å². The van der Waals surface area contributed by atoms with Gasteiger partial charge in [0.2, 0.25) is 0 Å². The van der Waals surface area contributed by atoms with Crippen LogP contribution in [0.3, 0.4) is 0 Å². The Kier molecular flexibility index (Phi) is 8.19. The molecule has 128 valence electrons. The molecule has 0 spiro atoms. The first-order valence-corrected chi connectivity index (χ1v) is 8.38. The molecule has 3 nitrogen and oxygen atoms in total. The van der Waals surface area contributed by atoms with Crippen molar-refractivity contribution in [1.29, 1.82) is 0 Å². The number of carbonyl (C=O) groups excluding carboxylic acids is 1. The maximum Gasteiger partial charge on any atom is 0.343 e. The quantitative estimate of drug-likeness (QED) is 0.531. The molecule has 0 heterocycles. The van der Waals surface area contributed by atoms with Gasteiger partial charge in [-0.3, -0.25) is 0 Å². The maximum atomic E-state index is 12.3. The van der Waals surface area contributed by atoms with Crippen LogP contribution in [-0.4, -0.2) is 18.6 Å². The number of halogens is 4. The molecule has 0 radical (unpaired) electrons. The molecule has 0 bridgehead atoms. The Bertz CT molecular complexity index is 583. The van der Waals surface area contributed by atoms with Crippen molar-refractivity contribution in [3.8, 4) is 0 Å². The van der Waals surface area contributed by atoms with E-state index in [1.807, 2.05) is 7.05 Å². The van der Waals surface area contributed by atoms with E-state index >= 15 is 0 Å². The van der Waals surface area contributed by atoms with Crippen LogP contribution in [-0.2, 0) is 4.74 Å². The molecule has 1 aromatic rings. The summed E-state index contributed by atoms with van der Waals surface area (Å²) >= 11 is 17.7. The molecule has 7 heteroatoms. The highest BCUT2D eigenvalue weighted by atomic mass is 35.5. The predicted octanol–water partition coefficient (Wildman–Crippen LogP) is 5.57. The van der Waals surface area contributed by atoms with Gasteiger partial charge in [0.25, 0.3) is 0 Å². The van der Waals surface area contributed by atoms with E-state index < -0.39 is 5.97 Å². The second kappa shape index (κ2) is 9.14. The Morgan fingerprint density at radius 3 is 2.39 bits per heavy atom. The number of ether oxygens (including phenoxy) is 1. The molecule has 0 aromatic heterocycles. The Hall–Kier alpha value is -0.450. The van der Waals surface area contributed by atoms with Crippen molar-refractivity contribution in [3.63, 3.8) is 0 Å². The van der Waals surface area contributed by atoms with Gasteiger partial charge in [-0.2, -0.15) is 0 Å². The topological polar surface area (TPSA) is 38.3 Å². The Morgan fingerprint density at radius 2 is 1.87 bits per heavy atom. The average Bonchev–Trinajstić information content (AvgIpc) is 2.55. The van der Waals surface area contributed by atoms with Crippen molar-refractivity contribution < 1.29 is 9.53 Å². The number of esters is 1. The molecule has 1 N–H and O–H groups in total. The van der Waals surface area contributed by atoms with Crippen LogP contribution in [0.2, 0.25) is 10.0 Å². The number of carbonyl (C=O) groups is 1. The van der Waals surface area contributed by atoms with Crippen LogP contribution in [0.25, 0.3) is 0 Å². The third kappa shape index (κ3) is 4.77. The van der Waals surface area contributed by atoms with Crippen LogP contribution in [0.15, 0.2) is 29.5 Å². The Balaban J connectivity index is 0.00000264. The van der Waals surface area contributed by atoms with Crippen LogP contribution >= 0.6 is 47.2 Å². The average molecular weight is 399 g/mol. The highest BCUT2D eigenvalue weighted by Crippen LogP contribution is 2.35. The summed E-state index contributed by atoms with van der Waals surface area (Å²) in [5, 5.41) is 3.98. The standard InChI is InChI=1S/C16H18Cl3NO2.ClH/c1-20-16(7-3-2-4-8-16)14(10-17)22-15(21)11-5-6-12(18)13(19)9-11;/h5-6,9-10,20H,2-4,7-8H2,1H3;1H. The number of hydrogen-bond donors (Lipinski definition) is 1. The lowest BCUT2D eigenvalue weighted by atomic mass is 9.80. The van der Waals surface area contributed by atoms with E-state index in [2.05, 4.69) is 5.32 Å². The minimum Gasteiger partial charge on any atom is -0.425 e. The van der Waals surface area contributed by atoms with Crippen LogP contribution in [0.5, 0.6) is 0 Å². The van der Waals surface area contributed by atoms with Gasteiger partial charge in [-0.05, 0) is 38.1 Å². The van der Waals surface area contributed by atoms with Gasteiger partial charge in [-0.25, -0.2) is 4.79 Å². The molecular formula is C16H19Cl4NO2. The van der Waals surface area contributed by atoms with Crippen molar-refractivity contribution in [2.45, 2.75) is 37.6 Å². The third-order valence-corrected chi connectivity index (χ3v) is 5.05. The first-order chi connectivity index (χ1) is 10.5. The van der Waals surface area contributed by atoms with Crippen molar-refractivity contribution in [2.75, 3.05) is 7.05 Å². The van der Waals surface area contributed by atoms with E-state index in [0.29, 0.717) is 21.4 Å². The largest absolute Gasteiger partial charge is 0.425 e. The maximum absolute atomic E-state index is 12.3. The second-order valence-electron chi connectivity index (χ2n) is 5.38. The molecule has 1 saturated carbocycles. The third-order valence-electron chi connectivity index (χ3n) is 4.11. The molecule has 2 rings (SSSR count). The fourth-order valence-corrected chi connectivity index (χ4v) is 3.33. The van der Waals surface area contributed by atoms with E-state index in [4.69, 9.17) is 39.5 Å². The predicted molar refractivity (Wildman–Crippen MR) is 97.9 cm³/mol. The molecule has 0 aliphatic heterocycles. The summed E-state index contributed by atoms with van der Waals surface area (Å²) in [4.78, 5) is 12.3. The van der Waals surface area contributed by atoms with Crippen LogP contribution in [0.1, 0.15) is 42.5 Å². The fourth-order valence-electron chi connectivity index (χ4n) is 2.78. The molecule has 0 unspecified atom stereocenters. The van der Waals surface area contributed by atoms with Gasteiger partial charge in [0, 0.05) is 5.54 Å². The molecule has 1 aliphatic rings. The number of hydrogen-bond acceptors (Lipinski definition) is 3. The lowest BCUT2D eigenvalue weighted by Crippen LogP contribution is -2.47. The van der Waals surface area contributed by atoms with Crippen molar-refractivity contribution in [1.82, 2.24) is 5.32 Å². The summed E-state index contributed by atoms with van der Waals surface area (Å²) < 4.78 is 5.54. The van der Waals surface area contributed by atoms with Gasteiger partial charge in [0.1, 0.15) is 5.76 Å². The monoisotopic (exact) mass is 397 g/mol. The highest BCUT2D eigenvalue weighted by Gasteiger charge is 2.37. The van der Waals surface area contributed by atoms with Crippen molar-refractivity contribution in [3.05, 3.63) is 45.1 Å². The van der Waals surface area contributed by atoms with E-state index in [1.165, 1.54) is 18.0 Å². The summed E-state index contributed by atoms with van der Waals surface area (Å²) in [6, 6.07) is 4.64. The zero-order chi connectivity index (χ0) is 16.2. The molecule has 0 atom stereocenters. The van der Waals surface area contributed by atoms with E-state index in [1.54, 1.807) is 12.1 Å². The molecule has 1 aromatic carbocycles. The van der Waals surface area contributed by atoms with Crippen LogP contribution in [0, 0.1) is 0 Å². The molecule has 23 heavy (non-hydrogen) atoms. The lowest BCUT2D eigenvalue weighted by molar-refractivity contribution is 0.0534. The van der Waals surface area contributed by atoms with Crippen LogP contribution < -0.4 is 5.32 Å². The highest BCUT2D eigenvalue weighted by molar-refractivity contribution is 6.42. The zero-order valence-corrected chi connectivity index (χ0v) is 15.8. The van der Waals surface area contributed by atoms with Gasteiger partial charge < -0.3 is 10.1 Å². The first kappa shape index (κ1) is 20.6. The van der Waals surface area contributed by atoms with Gasteiger partial charge in [-0.1, -0.05) is 54.1 Å². The van der Waals surface area contributed by atoms with Crippen molar-refractivity contribution in [2.24, 2.45) is 0 Å². The van der Waals surface area contributed by atoms with Crippen LogP contribution in [0.4, 0.5) is 0 Å². The number of benzene rings is 1. The number of rotatable bonds is 4. The summed E-state index contributed by atoms with van der Waals surface area (Å²) in [6.45, 7) is 0. The Labute approximate surface area is 157 Å². The minimum absolute atomic E-state index is 0. The van der Waals surface area contributed by atoms with E-state index in [9.17, 15) is 4.79 Å². The number of likely N-dealkylation sites (N-methyl/N-ethyl adjacent to an activating group) is 1. The van der Waals surface area contributed by atoms with E-state index in [-0.39, 0.29) is 17.9 Å². The smallest absolute Gasteiger partial charge is 0.343 e. The first-order valence-electron chi connectivity index (χ1n) is 7.19. The van der Waals surface area contributed by atoms with Crippen molar-refractivity contribution >= 4 is 53.2 Å².